The minimum Gasteiger partial charge on any atom is -0.491 e. The lowest BCUT2D eigenvalue weighted by Crippen LogP contribution is -2.37. The summed E-state index contributed by atoms with van der Waals surface area (Å²) < 4.78 is 36.7. The Morgan fingerprint density at radius 2 is 1.86 bits per heavy atom. The zero-order valence-corrected chi connectivity index (χ0v) is 17.6. The zero-order valence-electron chi connectivity index (χ0n) is 16.8. The van der Waals surface area contributed by atoms with Gasteiger partial charge in [-0.1, -0.05) is 24.8 Å². The van der Waals surface area contributed by atoms with Crippen molar-refractivity contribution in [2.45, 2.75) is 20.0 Å². The van der Waals surface area contributed by atoms with Crippen LogP contribution >= 0.6 is 0 Å². The summed E-state index contributed by atoms with van der Waals surface area (Å²) in [4.78, 5) is 12.5. The van der Waals surface area contributed by atoms with Gasteiger partial charge in [0.1, 0.15) is 24.7 Å². The molecule has 2 rings (SSSR count). The summed E-state index contributed by atoms with van der Waals surface area (Å²) >= 11 is 0. The molecule has 0 aliphatic rings. The molecule has 2 aromatic rings. The minimum atomic E-state index is -3.69. The van der Waals surface area contributed by atoms with E-state index in [9.17, 15) is 13.2 Å². The maximum absolute atomic E-state index is 12.5. The first kappa shape index (κ1) is 22.3. The summed E-state index contributed by atoms with van der Waals surface area (Å²) in [6.07, 6.45) is 2.61. The van der Waals surface area contributed by atoms with Crippen molar-refractivity contribution < 1.29 is 22.7 Å². The fraction of sp³-hybridized carbons (Fsp3) is 0.286. The molecule has 0 aliphatic heterocycles. The number of carbonyl (C=O) groups excluding carboxylic acids is 1. The highest BCUT2D eigenvalue weighted by molar-refractivity contribution is 7.92. The Morgan fingerprint density at radius 3 is 2.52 bits per heavy atom. The Kier molecular flexibility index (Phi) is 7.67. The van der Waals surface area contributed by atoms with E-state index in [1.165, 1.54) is 0 Å². The summed E-state index contributed by atoms with van der Waals surface area (Å²) in [5.41, 5.74) is 0.853. The lowest BCUT2D eigenvalue weighted by atomic mass is 10.3. The van der Waals surface area contributed by atoms with Crippen LogP contribution in [0.15, 0.2) is 61.2 Å². The predicted octanol–water partition coefficient (Wildman–Crippen LogP) is 3.44. The molecule has 0 unspecified atom stereocenters. The molecule has 0 saturated heterocycles. The summed E-state index contributed by atoms with van der Waals surface area (Å²) in [7, 11) is -3.69. The largest absolute Gasteiger partial charge is 0.491 e. The Hall–Kier alpha value is -3.00. The van der Waals surface area contributed by atoms with Crippen LogP contribution in [0, 0.1) is 0 Å². The maximum atomic E-state index is 12.5. The van der Waals surface area contributed by atoms with Crippen LogP contribution < -0.4 is 19.1 Å². The van der Waals surface area contributed by atoms with Gasteiger partial charge in [-0.2, -0.15) is 0 Å². The average molecular weight is 419 g/mol. The van der Waals surface area contributed by atoms with Crippen LogP contribution in [0.4, 0.5) is 11.4 Å². The number of hydrogen-bond donors (Lipinski definition) is 1. The molecule has 0 aliphatic carbocycles. The Morgan fingerprint density at radius 1 is 1.17 bits per heavy atom. The molecular formula is C21H26N2O5S. The van der Waals surface area contributed by atoms with Crippen LogP contribution in [0.3, 0.4) is 0 Å². The van der Waals surface area contributed by atoms with Crippen molar-refractivity contribution in [2.75, 3.05) is 29.0 Å². The molecule has 2 aromatic carbocycles. The molecule has 0 atom stereocenters. The van der Waals surface area contributed by atoms with Gasteiger partial charge in [-0.15, -0.1) is 0 Å². The SMILES string of the molecule is C=CCOc1cccc(NC(=O)CN(c2cccc(OC(C)C)c2)S(C)(=O)=O)c1. The third-order valence-corrected chi connectivity index (χ3v) is 4.79. The monoisotopic (exact) mass is 418 g/mol. The van der Waals surface area contributed by atoms with Gasteiger partial charge >= 0.3 is 0 Å². The van der Waals surface area contributed by atoms with Crippen molar-refractivity contribution in [1.29, 1.82) is 0 Å². The highest BCUT2D eigenvalue weighted by atomic mass is 32.2. The van der Waals surface area contributed by atoms with Gasteiger partial charge in [0, 0.05) is 17.8 Å². The number of sulfonamides is 1. The summed E-state index contributed by atoms with van der Waals surface area (Å²) in [5, 5.41) is 2.70. The van der Waals surface area contributed by atoms with E-state index < -0.39 is 15.9 Å². The third-order valence-electron chi connectivity index (χ3n) is 3.65. The molecule has 0 saturated carbocycles. The van der Waals surface area contributed by atoms with E-state index in [0.29, 0.717) is 29.5 Å². The van der Waals surface area contributed by atoms with Gasteiger partial charge in [-0.3, -0.25) is 9.10 Å². The molecule has 0 fully saturated rings. The van der Waals surface area contributed by atoms with Crippen LogP contribution in [-0.2, 0) is 14.8 Å². The van der Waals surface area contributed by atoms with Gasteiger partial charge in [0.05, 0.1) is 18.0 Å². The van der Waals surface area contributed by atoms with E-state index >= 15 is 0 Å². The van der Waals surface area contributed by atoms with Crippen molar-refractivity contribution in [3.63, 3.8) is 0 Å². The molecule has 0 bridgehead atoms. The van der Waals surface area contributed by atoms with Crippen LogP contribution in [0.5, 0.6) is 11.5 Å². The fourth-order valence-electron chi connectivity index (χ4n) is 2.53. The predicted molar refractivity (Wildman–Crippen MR) is 115 cm³/mol. The molecule has 1 amide bonds. The number of benzene rings is 2. The van der Waals surface area contributed by atoms with Gasteiger partial charge in [0.25, 0.3) is 0 Å². The third kappa shape index (κ3) is 7.15. The Labute approximate surface area is 172 Å². The molecule has 156 valence electrons. The van der Waals surface area contributed by atoms with Crippen molar-refractivity contribution in [1.82, 2.24) is 0 Å². The van der Waals surface area contributed by atoms with Gasteiger partial charge < -0.3 is 14.8 Å². The van der Waals surface area contributed by atoms with Crippen LogP contribution in [0.2, 0.25) is 0 Å². The molecule has 7 nitrogen and oxygen atoms in total. The van der Waals surface area contributed by atoms with Crippen LogP contribution in [-0.4, -0.2) is 39.8 Å². The summed E-state index contributed by atoms with van der Waals surface area (Å²) in [6, 6.07) is 13.5. The molecule has 0 spiro atoms. The van der Waals surface area contributed by atoms with Gasteiger partial charge in [0.2, 0.25) is 15.9 Å². The fourth-order valence-corrected chi connectivity index (χ4v) is 3.38. The zero-order chi connectivity index (χ0) is 21.4. The van der Waals surface area contributed by atoms with Gasteiger partial charge in [-0.25, -0.2) is 8.42 Å². The van der Waals surface area contributed by atoms with Crippen molar-refractivity contribution in [3.05, 3.63) is 61.2 Å². The first-order chi connectivity index (χ1) is 13.7. The number of hydrogen-bond acceptors (Lipinski definition) is 5. The van der Waals surface area contributed by atoms with E-state index in [2.05, 4.69) is 11.9 Å². The van der Waals surface area contributed by atoms with E-state index in [1.807, 2.05) is 13.8 Å². The van der Waals surface area contributed by atoms with E-state index in [1.54, 1.807) is 54.6 Å². The Balaban J connectivity index is 2.17. The number of nitrogens with one attached hydrogen (secondary N) is 1. The van der Waals surface area contributed by atoms with Crippen molar-refractivity contribution in [2.24, 2.45) is 0 Å². The smallest absolute Gasteiger partial charge is 0.245 e. The molecule has 0 heterocycles. The topological polar surface area (TPSA) is 84.9 Å². The lowest BCUT2D eigenvalue weighted by Gasteiger charge is -2.23. The first-order valence-corrected chi connectivity index (χ1v) is 10.9. The van der Waals surface area contributed by atoms with Crippen LogP contribution in [0.25, 0.3) is 0 Å². The number of carbonyl (C=O) groups is 1. The number of rotatable bonds is 10. The minimum absolute atomic E-state index is 0.0594. The van der Waals surface area contributed by atoms with Gasteiger partial charge in [-0.05, 0) is 38.1 Å². The highest BCUT2D eigenvalue weighted by Crippen LogP contribution is 2.24. The van der Waals surface area contributed by atoms with Crippen LogP contribution in [0.1, 0.15) is 13.8 Å². The van der Waals surface area contributed by atoms with E-state index in [0.717, 1.165) is 10.6 Å². The van der Waals surface area contributed by atoms with Crippen molar-refractivity contribution >= 4 is 27.3 Å². The molecule has 29 heavy (non-hydrogen) atoms. The average Bonchev–Trinajstić information content (AvgIpc) is 2.63. The molecule has 0 aromatic heterocycles. The first-order valence-electron chi connectivity index (χ1n) is 9.07. The van der Waals surface area contributed by atoms with E-state index in [-0.39, 0.29) is 12.6 Å². The summed E-state index contributed by atoms with van der Waals surface area (Å²) in [5.74, 6) is 0.617. The Bertz CT molecular complexity index is 957. The second-order valence-corrected chi connectivity index (χ2v) is 8.52. The number of amides is 1. The lowest BCUT2D eigenvalue weighted by molar-refractivity contribution is -0.114. The maximum Gasteiger partial charge on any atom is 0.245 e. The molecule has 8 heteroatoms. The van der Waals surface area contributed by atoms with Gasteiger partial charge in [0.15, 0.2) is 0 Å². The molecular weight excluding hydrogens is 392 g/mol. The normalized spacial score (nSPS) is 11.0. The number of nitrogens with zero attached hydrogens (tertiary/aromatic N) is 1. The highest BCUT2D eigenvalue weighted by Gasteiger charge is 2.21. The second kappa shape index (κ2) is 9.97. The van der Waals surface area contributed by atoms with E-state index in [4.69, 9.17) is 9.47 Å². The second-order valence-electron chi connectivity index (χ2n) is 6.61. The summed E-state index contributed by atoms with van der Waals surface area (Å²) in [6.45, 7) is 7.31. The quantitative estimate of drug-likeness (QED) is 0.598. The molecule has 1 N–H and O–H groups in total. The number of anilines is 2. The molecule has 0 radical (unpaired) electrons. The van der Waals surface area contributed by atoms with Crippen molar-refractivity contribution in [3.8, 4) is 11.5 Å². The standard InChI is InChI=1S/C21H26N2O5S/c1-5-12-27-19-10-6-8-17(13-19)22-21(24)15-23(29(4,25)26)18-9-7-11-20(14-18)28-16(2)3/h5-11,13-14,16H,1,12,15H2,2-4H3,(H,22,24). The number of ether oxygens (including phenoxy) is 2.